The summed E-state index contributed by atoms with van der Waals surface area (Å²) >= 11 is 1.59. The number of likely N-dealkylation sites (tertiary alicyclic amines) is 1. The molecule has 1 aliphatic rings. The van der Waals surface area contributed by atoms with E-state index in [1.165, 1.54) is 0 Å². The van der Waals surface area contributed by atoms with E-state index in [1.807, 2.05) is 12.3 Å². The maximum Gasteiger partial charge on any atom is 0.317 e. The van der Waals surface area contributed by atoms with Crippen LogP contribution in [0.2, 0.25) is 0 Å². The zero-order valence-electron chi connectivity index (χ0n) is 14.2. The van der Waals surface area contributed by atoms with Gasteiger partial charge in [-0.05, 0) is 13.3 Å². The van der Waals surface area contributed by atoms with Gasteiger partial charge in [0.1, 0.15) is 0 Å². The molecule has 6 nitrogen and oxygen atoms in total. The SMILES string of the molecule is CC(C)(C)c1nc(CC(=O)N2CC[C@@](C)(NCC(=O)O)C2)cs1. The molecule has 7 heteroatoms. The molecule has 0 radical (unpaired) electrons. The number of nitrogens with zero attached hydrogens (tertiary/aromatic N) is 2. The Morgan fingerprint density at radius 3 is 2.74 bits per heavy atom. The molecule has 0 saturated carbocycles. The molecule has 128 valence electrons. The molecule has 0 aliphatic carbocycles. The molecule has 0 bridgehead atoms. The number of hydrogen-bond acceptors (Lipinski definition) is 5. The molecule has 1 atom stereocenters. The molecule has 23 heavy (non-hydrogen) atoms. The number of carbonyl (C=O) groups is 2. The minimum absolute atomic E-state index is 0.00106. The summed E-state index contributed by atoms with van der Waals surface area (Å²) in [6, 6.07) is 0. The van der Waals surface area contributed by atoms with Crippen LogP contribution >= 0.6 is 11.3 Å². The summed E-state index contributed by atoms with van der Waals surface area (Å²) in [5, 5.41) is 14.8. The molecule has 1 saturated heterocycles. The van der Waals surface area contributed by atoms with E-state index < -0.39 is 5.97 Å². The molecule has 1 fully saturated rings. The Bertz CT molecular complexity index is 594. The molecule has 1 amide bonds. The monoisotopic (exact) mass is 339 g/mol. The Morgan fingerprint density at radius 1 is 1.48 bits per heavy atom. The Kier molecular flexibility index (Phi) is 5.10. The number of nitrogens with one attached hydrogen (secondary N) is 1. The van der Waals surface area contributed by atoms with Gasteiger partial charge in [0, 0.05) is 29.4 Å². The predicted octanol–water partition coefficient (Wildman–Crippen LogP) is 1.65. The molecule has 2 heterocycles. The van der Waals surface area contributed by atoms with E-state index in [9.17, 15) is 9.59 Å². The average Bonchev–Trinajstić information content (AvgIpc) is 3.04. The summed E-state index contributed by atoms with van der Waals surface area (Å²) in [5.74, 6) is -0.829. The Labute approximate surface area is 140 Å². The summed E-state index contributed by atoms with van der Waals surface area (Å²) in [4.78, 5) is 29.5. The number of thiazole rings is 1. The quantitative estimate of drug-likeness (QED) is 0.852. The van der Waals surface area contributed by atoms with Crippen LogP contribution < -0.4 is 5.32 Å². The van der Waals surface area contributed by atoms with E-state index in [0.717, 1.165) is 17.1 Å². The fraction of sp³-hybridized carbons (Fsp3) is 0.688. The van der Waals surface area contributed by atoms with Crippen LogP contribution in [0.15, 0.2) is 5.38 Å². The second-order valence-corrected chi connectivity index (χ2v) is 8.30. The lowest BCUT2D eigenvalue weighted by atomic mass is 9.98. The highest BCUT2D eigenvalue weighted by Crippen LogP contribution is 2.26. The number of carbonyl (C=O) groups excluding carboxylic acids is 1. The fourth-order valence-corrected chi connectivity index (χ4v) is 3.51. The van der Waals surface area contributed by atoms with Crippen LogP contribution in [-0.4, -0.2) is 52.0 Å². The fourth-order valence-electron chi connectivity index (χ4n) is 2.61. The van der Waals surface area contributed by atoms with Gasteiger partial charge in [0.15, 0.2) is 0 Å². The highest BCUT2D eigenvalue weighted by atomic mass is 32.1. The van der Waals surface area contributed by atoms with Gasteiger partial charge < -0.3 is 10.0 Å². The topological polar surface area (TPSA) is 82.5 Å². The summed E-state index contributed by atoms with van der Waals surface area (Å²) in [6.07, 6.45) is 1.07. The second kappa shape index (κ2) is 6.57. The van der Waals surface area contributed by atoms with E-state index in [-0.39, 0.29) is 23.4 Å². The number of amides is 1. The van der Waals surface area contributed by atoms with Crippen molar-refractivity contribution < 1.29 is 14.7 Å². The lowest BCUT2D eigenvalue weighted by Gasteiger charge is -2.25. The first-order valence-electron chi connectivity index (χ1n) is 7.78. The van der Waals surface area contributed by atoms with Gasteiger partial charge >= 0.3 is 5.97 Å². The molecular weight excluding hydrogens is 314 g/mol. The van der Waals surface area contributed by atoms with Gasteiger partial charge in [-0.25, -0.2) is 4.98 Å². The second-order valence-electron chi connectivity index (χ2n) is 7.44. The van der Waals surface area contributed by atoms with Crippen molar-refractivity contribution in [3.8, 4) is 0 Å². The molecule has 0 aromatic carbocycles. The summed E-state index contributed by atoms with van der Waals surface area (Å²) in [6.45, 7) is 9.39. The van der Waals surface area contributed by atoms with Gasteiger partial charge in [0.05, 0.1) is 23.7 Å². The molecule has 0 spiro atoms. The van der Waals surface area contributed by atoms with Gasteiger partial charge in [0.2, 0.25) is 5.91 Å². The van der Waals surface area contributed by atoms with Gasteiger partial charge in [-0.15, -0.1) is 11.3 Å². The first kappa shape index (κ1) is 17.9. The van der Waals surface area contributed by atoms with E-state index in [0.29, 0.717) is 19.5 Å². The number of carboxylic acids is 1. The zero-order valence-corrected chi connectivity index (χ0v) is 15.0. The van der Waals surface area contributed by atoms with Gasteiger partial charge in [-0.2, -0.15) is 0 Å². The minimum atomic E-state index is -0.881. The first-order valence-corrected chi connectivity index (χ1v) is 8.66. The lowest BCUT2D eigenvalue weighted by molar-refractivity contribution is -0.136. The highest BCUT2D eigenvalue weighted by Gasteiger charge is 2.36. The van der Waals surface area contributed by atoms with Gasteiger partial charge in [-0.1, -0.05) is 20.8 Å². The normalized spacial score (nSPS) is 21.7. The third-order valence-corrected chi connectivity index (χ3v) is 5.33. The lowest BCUT2D eigenvalue weighted by Crippen LogP contribution is -2.47. The van der Waals surface area contributed by atoms with Crippen molar-refractivity contribution in [1.29, 1.82) is 0 Å². The molecular formula is C16H25N3O3S. The van der Waals surface area contributed by atoms with E-state index in [4.69, 9.17) is 5.11 Å². The third kappa shape index (κ3) is 4.75. The van der Waals surface area contributed by atoms with Crippen molar-refractivity contribution >= 4 is 23.2 Å². The van der Waals surface area contributed by atoms with E-state index in [2.05, 4.69) is 31.1 Å². The van der Waals surface area contributed by atoms with Crippen LogP contribution in [0.3, 0.4) is 0 Å². The highest BCUT2D eigenvalue weighted by molar-refractivity contribution is 7.09. The van der Waals surface area contributed by atoms with E-state index in [1.54, 1.807) is 16.2 Å². The zero-order chi connectivity index (χ0) is 17.3. The average molecular weight is 339 g/mol. The van der Waals surface area contributed by atoms with E-state index >= 15 is 0 Å². The Balaban J connectivity index is 1.92. The number of carboxylic acid groups (broad SMARTS) is 1. The number of rotatable bonds is 5. The molecule has 1 aromatic rings. The van der Waals surface area contributed by atoms with Crippen molar-refractivity contribution in [2.75, 3.05) is 19.6 Å². The van der Waals surface area contributed by atoms with Crippen molar-refractivity contribution in [3.05, 3.63) is 16.1 Å². The largest absolute Gasteiger partial charge is 0.480 e. The predicted molar refractivity (Wildman–Crippen MR) is 89.8 cm³/mol. The standard InChI is InChI=1S/C16H25N3O3S/c1-15(2,3)14-18-11(9-23-14)7-12(20)19-6-5-16(4,10-19)17-8-13(21)22/h9,17H,5-8,10H2,1-4H3,(H,21,22)/t16-/m1/s1. The van der Waals surface area contributed by atoms with Gasteiger partial charge in [0.25, 0.3) is 0 Å². The molecule has 1 aliphatic heterocycles. The Hall–Kier alpha value is -1.47. The first-order chi connectivity index (χ1) is 10.6. The van der Waals surface area contributed by atoms with Crippen LogP contribution in [0, 0.1) is 0 Å². The van der Waals surface area contributed by atoms with Crippen LogP contribution in [0.5, 0.6) is 0 Å². The van der Waals surface area contributed by atoms with Crippen LogP contribution in [0.25, 0.3) is 0 Å². The number of hydrogen-bond donors (Lipinski definition) is 2. The van der Waals surface area contributed by atoms with Crippen molar-refractivity contribution in [3.63, 3.8) is 0 Å². The minimum Gasteiger partial charge on any atom is -0.480 e. The smallest absolute Gasteiger partial charge is 0.317 e. The number of aliphatic carboxylic acids is 1. The maximum atomic E-state index is 12.4. The van der Waals surface area contributed by atoms with Crippen LogP contribution in [-0.2, 0) is 21.4 Å². The molecule has 2 N–H and O–H groups in total. The third-order valence-electron chi connectivity index (χ3n) is 4.02. The molecule has 0 unspecified atom stereocenters. The number of aromatic nitrogens is 1. The van der Waals surface area contributed by atoms with Crippen LogP contribution in [0.1, 0.15) is 44.8 Å². The van der Waals surface area contributed by atoms with Crippen molar-refractivity contribution in [2.45, 2.75) is 51.5 Å². The summed E-state index contributed by atoms with van der Waals surface area (Å²) in [5.41, 5.74) is 0.489. The summed E-state index contributed by atoms with van der Waals surface area (Å²) in [7, 11) is 0. The maximum absolute atomic E-state index is 12.4. The molecule has 1 aromatic heterocycles. The van der Waals surface area contributed by atoms with Crippen molar-refractivity contribution in [2.24, 2.45) is 0 Å². The summed E-state index contributed by atoms with van der Waals surface area (Å²) < 4.78 is 0. The van der Waals surface area contributed by atoms with Gasteiger partial charge in [-0.3, -0.25) is 14.9 Å². The Morgan fingerprint density at radius 2 is 2.17 bits per heavy atom. The van der Waals surface area contributed by atoms with Crippen LogP contribution in [0.4, 0.5) is 0 Å². The van der Waals surface area contributed by atoms with Crippen molar-refractivity contribution in [1.82, 2.24) is 15.2 Å². The molecule has 2 rings (SSSR count).